The molecule has 0 aliphatic carbocycles. The molecule has 0 spiro atoms. The highest BCUT2D eigenvalue weighted by molar-refractivity contribution is 6.21. The van der Waals surface area contributed by atoms with E-state index >= 15 is 0 Å². The third-order valence-corrected chi connectivity index (χ3v) is 9.89. The fourth-order valence-corrected chi connectivity index (χ4v) is 5.94. The molecule has 0 saturated heterocycles. The summed E-state index contributed by atoms with van der Waals surface area (Å²) in [6.45, 7) is 16.7. The summed E-state index contributed by atoms with van der Waals surface area (Å²) in [4.78, 5) is 19.2. The first-order valence-electron chi connectivity index (χ1n) is 15.2. The van der Waals surface area contributed by atoms with Gasteiger partial charge in [0.15, 0.2) is 0 Å². The average Bonchev–Trinajstić information content (AvgIpc) is 3.35. The van der Waals surface area contributed by atoms with Crippen molar-refractivity contribution in [2.75, 3.05) is 0 Å². The van der Waals surface area contributed by atoms with Gasteiger partial charge in [0.25, 0.3) is 0 Å². The van der Waals surface area contributed by atoms with Crippen LogP contribution in [0.25, 0.3) is 43.8 Å². The Bertz CT molecular complexity index is 1830. The molecule has 6 heteroatoms. The molecule has 44 heavy (non-hydrogen) atoms. The molecule has 7 rings (SSSR count). The number of rotatable bonds is 4. The lowest BCUT2D eigenvalue weighted by Crippen LogP contribution is -2.41. The summed E-state index contributed by atoms with van der Waals surface area (Å²) in [5, 5.41) is 4.55. The van der Waals surface area contributed by atoms with Gasteiger partial charge in [0.1, 0.15) is 11.2 Å². The molecule has 6 nitrogen and oxygen atoms in total. The Morgan fingerprint density at radius 3 is 1.07 bits per heavy atom. The van der Waals surface area contributed by atoms with E-state index in [0.29, 0.717) is 11.8 Å². The Morgan fingerprint density at radius 2 is 0.773 bits per heavy atom. The van der Waals surface area contributed by atoms with Crippen molar-refractivity contribution >= 4 is 33.3 Å². The third-order valence-electron chi connectivity index (χ3n) is 9.89. The molecule has 2 aromatic heterocycles. The number of aliphatic imine (C=N–C) groups is 2. The molecule has 2 aliphatic rings. The molecule has 0 fully saturated rings. The fraction of sp³-hybridized carbons (Fsp3) is 0.316. The standard InChI is InChI=1S/C38H38N4O2/c1-35(2)37(5,6)43-33(41-35)25-17-23(19-39-21-25)31-27-13-9-11-15-29(27)32(30-16-12-10-14-28(30)31)24-18-26(22-40-20-24)34-42-36(3,4)38(7,8)44-34/h9-22H,1-8H3. The lowest BCUT2D eigenvalue weighted by Gasteiger charge is -2.30. The van der Waals surface area contributed by atoms with Gasteiger partial charge in [0.05, 0.1) is 22.2 Å². The predicted molar refractivity (Wildman–Crippen MR) is 179 cm³/mol. The van der Waals surface area contributed by atoms with Gasteiger partial charge >= 0.3 is 0 Å². The molecular weight excluding hydrogens is 544 g/mol. The smallest absolute Gasteiger partial charge is 0.218 e. The van der Waals surface area contributed by atoms with E-state index in [0.717, 1.165) is 54.9 Å². The first-order valence-corrected chi connectivity index (χ1v) is 15.2. The fourth-order valence-electron chi connectivity index (χ4n) is 5.94. The second-order valence-corrected chi connectivity index (χ2v) is 13.9. The second-order valence-electron chi connectivity index (χ2n) is 13.9. The van der Waals surface area contributed by atoms with E-state index in [1.807, 2.05) is 24.8 Å². The molecule has 0 amide bonds. The zero-order valence-electron chi connectivity index (χ0n) is 26.7. The number of nitrogens with zero attached hydrogens (tertiary/aromatic N) is 4. The summed E-state index contributed by atoms with van der Waals surface area (Å²) < 4.78 is 12.7. The summed E-state index contributed by atoms with van der Waals surface area (Å²) in [6, 6.07) is 21.4. The van der Waals surface area contributed by atoms with Crippen molar-refractivity contribution in [3.63, 3.8) is 0 Å². The number of benzene rings is 3. The van der Waals surface area contributed by atoms with Crippen LogP contribution < -0.4 is 0 Å². The highest BCUT2D eigenvalue weighted by atomic mass is 16.5. The van der Waals surface area contributed by atoms with Crippen molar-refractivity contribution in [1.82, 2.24) is 9.97 Å². The van der Waals surface area contributed by atoms with Gasteiger partial charge in [0, 0.05) is 35.9 Å². The Balaban J connectivity index is 1.43. The van der Waals surface area contributed by atoms with Gasteiger partial charge in [-0.05, 0) is 100 Å². The monoisotopic (exact) mass is 582 g/mol. The lowest BCUT2D eigenvalue weighted by atomic mass is 9.86. The van der Waals surface area contributed by atoms with Crippen LogP contribution >= 0.6 is 0 Å². The topological polar surface area (TPSA) is 69.0 Å². The third kappa shape index (κ3) is 4.30. The van der Waals surface area contributed by atoms with Crippen LogP contribution in [-0.2, 0) is 9.47 Å². The first kappa shape index (κ1) is 28.2. The molecule has 222 valence electrons. The van der Waals surface area contributed by atoms with Crippen LogP contribution in [0.4, 0.5) is 0 Å². The zero-order chi connectivity index (χ0) is 31.1. The molecule has 0 radical (unpaired) electrons. The SMILES string of the molecule is CC1(C)N=C(c2cncc(-c3c4ccccc4c(-c4cncc(C5=NC(C)(C)C(C)(C)O5)c4)c4ccccc34)c2)OC1(C)C. The molecule has 2 aliphatic heterocycles. The molecule has 0 bridgehead atoms. The highest BCUT2D eigenvalue weighted by Gasteiger charge is 2.46. The van der Waals surface area contributed by atoms with Crippen molar-refractivity contribution in [3.8, 4) is 22.3 Å². The van der Waals surface area contributed by atoms with Gasteiger partial charge in [-0.25, -0.2) is 9.98 Å². The Kier molecular flexibility index (Phi) is 6.06. The summed E-state index contributed by atoms with van der Waals surface area (Å²) in [6.07, 6.45) is 7.55. The van der Waals surface area contributed by atoms with Crippen molar-refractivity contribution < 1.29 is 9.47 Å². The van der Waals surface area contributed by atoms with Crippen molar-refractivity contribution in [1.29, 1.82) is 0 Å². The highest BCUT2D eigenvalue weighted by Crippen LogP contribution is 2.44. The minimum Gasteiger partial charge on any atom is -0.469 e. The van der Waals surface area contributed by atoms with Gasteiger partial charge in [-0.3, -0.25) is 9.97 Å². The van der Waals surface area contributed by atoms with Gasteiger partial charge < -0.3 is 9.47 Å². The maximum Gasteiger partial charge on any atom is 0.218 e. The van der Waals surface area contributed by atoms with E-state index in [1.54, 1.807) is 0 Å². The van der Waals surface area contributed by atoms with Gasteiger partial charge in [-0.1, -0.05) is 48.5 Å². The Morgan fingerprint density at radius 1 is 0.455 bits per heavy atom. The van der Waals surface area contributed by atoms with Crippen LogP contribution in [0.3, 0.4) is 0 Å². The molecule has 0 unspecified atom stereocenters. The maximum atomic E-state index is 6.36. The molecule has 0 saturated carbocycles. The Labute approximate surface area is 258 Å². The molecule has 5 aromatic rings. The number of hydrogen-bond acceptors (Lipinski definition) is 6. The first-order chi connectivity index (χ1) is 20.8. The lowest BCUT2D eigenvalue weighted by molar-refractivity contribution is 0.0618. The van der Waals surface area contributed by atoms with Crippen LogP contribution in [0, 0.1) is 0 Å². The van der Waals surface area contributed by atoms with Gasteiger partial charge in [0.2, 0.25) is 11.8 Å². The van der Waals surface area contributed by atoms with Gasteiger partial charge in [-0.15, -0.1) is 0 Å². The molecule has 0 N–H and O–H groups in total. The van der Waals surface area contributed by atoms with Crippen LogP contribution in [0.5, 0.6) is 0 Å². The quantitative estimate of drug-likeness (QED) is 0.199. The maximum absolute atomic E-state index is 6.36. The van der Waals surface area contributed by atoms with E-state index in [-0.39, 0.29) is 11.1 Å². The zero-order valence-corrected chi connectivity index (χ0v) is 26.7. The van der Waals surface area contributed by atoms with E-state index in [1.165, 1.54) is 0 Å². The average molecular weight is 583 g/mol. The predicted octanol–water partition coefficient (Wildman–Crippen LogP) is 8.79. The Hall–Kier alpha value is -4.58. The number of aromatic nitrogens is 2. The van der Waals surface area contributed by atoms with E-state index in [4.69, 9.17) is 19.5 Å². The normalized spacial score (nSPS) is 19.4. The van der Waals surface area contributed by atoms with Crippen molar-refractivity contribution in [2.24, 2.45) is 9.98 Å². The second kappa shape index (κ2) is 9.46. The summed E-state index contributed by atoms with van der Waals surface area (Å²) in [7, 11) is 0. The molecule has 3 aromatic carbocycles. The molecule has 4 heterocycles. The van der Waals surface area contributed by atoms with Crippen LogP contribution in [-0.4, -0.2) is 44.0 Å². The number of fused-ring (bicyclic) bond motifs is 2. The largest absolute Gasteiger partial charge is 0.469 e. The van der Waals surface area contributed by atoms with E-state index < -0.39 is 11.2 Å². The van der Waals surface area contributed by atoms with Crippen molar-refractivity contribution in [3.05, 3.63) is 96.6 Å². The van der Waals surface area contributed by atoms with E-state index in [9.17, 15) is 0 Å². The van der Waals surface area contributed by atoms with Crippen LogP contribution in [0.1, 0.15) is 66.5 Å². The molecular formula is C38H38N4O2. The summed E-state index contributed by atoms with van der Waals surface area (Å²) >= 11 is 0. The number of pyridine rings is 2. The number of ether oxygens (including phenoxy) is 2. The minimum absolute atomic E-state index is 0.345. The number of hydrogen-bond donors (Lipinski definition) is 0. The minimum atomic E-state index is -0.414. The molecule has 0 atom stereocenters. The summed E-state index contributed by atoms with van der Waals surface area (Å²) in [5.74, 6) is 1.26. The van der Waals surface area contributed by atoms with Crippen LogP contribution in [0.15, 0.2) is 95.4 Å². The van der Waals surface area contributed by atoms with E-state index in [2.05, 4.69) is 126 Å². The van der Waals surface area contributed by atoms with Crippen molar-refractivity contribution in [2.45, 2.75) is 77.7 Å². The van der Waals surface area contributed by atoms with Crippen LogP contribution in [0.2, 0.25) is 0 Å². The van der Waals surface area contributed by atoms with Gasteiger partial charge in [-0.2, -0.15) is 0 Å². The summed E-state index contributed by atoms with van der Waals surface area (Å²) in [5.41, 5.74) is 4.51.